The third-order valence-electron chi connectivity index (χ3n) is 5.00. The highest BCUT2D eigenvalue weighted by molar-refractivity contribution is 5.90. The number of hydrogen-bond donors (Lipinski definition) is 3. The third kappa shape index (κ3) is 7.32. The molecule has 3 heterocycles. The lowest BCUT2D eigenvalue weighted by Gasteiger charge is -2.17. The van der Waals surface area contributed by atoms with E-state index in [1.807, 2.05) is 36.5 Å². The number of rotatable bonds is 6. The van der Waals surface area contributed by atoms with Crippen LogP contribution in [0.2, 0.25) is 0 Å². The standard InChI is InChI=1S/C22H23N5O2.3ClH/c28-22(26-29)8-6-16-5-7-21(24-12-16)25-19-9-10-27(15-19)14-17-11-18-3-1-2-4-20(18)23-13-17;;;/h1-8,11-13,19,29H,9-10,14-15H2,(H,24,25)(H,26,28);3*1H/t19-;;;/m1.../s1. The van der Waals surface area contributed by atoms with Gasteiger partial charge in [0, 0.05) is 49.5 Å². The molecule has 172 valence electrons. The number of amides is 1. The molecule has 4 rings (SSSR count). The van der Waals surface area contributed by atoms with Gasteiger partial charge in [0.1, 0.15) is 5.82 Å². The second kappa shape index (κ2) is 13.2. The molecule has 0 unspecified atom stereocenters. The van der Waals surface area contributed by atoms with Gasteiger partial charge in [-0.3, -0.25) is 19.9 Å². The number of fused-ring (bicyclic) bond motifs is 1. The maximum atomic E-state index is 11.0. The highest BCUT2D eigenvalue weighted by Crippen LogP contribution is 2.19. The van der Waals surface area contributed by atoms with Crippen molar-refractivity contribution in [1.29, 1.82) is 0 Å². The Hall–Kier alpha value is -2.42. The molecule has 2 aromatic heterocycles. The number of carbonyl (C=O) groups excluding carboxylic acids is 1. The van der Waals surface area contributed by atoms with E-state index in [4.69, 9.17) is 5.21 Å². The summed E-state index contributed by atoms with van der Waals surface area (Å²) in [7, 11) is 0. The number of carbonyl (C=O) groups is 1. The molecule has 0 saturated carbocycles. The fourth-order valence-corrected chi connectivity index (χ4v) is 3.56. The quantitative estimate of drug-likeness (QED) is 0.269. The summed E-state index contributed by atoms with van der Waals surface area (Å²) in [6.07, 6.45) is 7.56. The van der Waals surface area contributed by atoms with E-state index in [1.165, 1.54) is 17.0 Å². The second-order valence-corrected chi connectivity index (χ2v) is 7.19. The number of aromatic nitrogens is 2. The lowest BCUT2D eigenvalue weighted by Crippen LogP contribution is -2.26. The van der Waals surface area contributed by atoms with Gasteiger partial charge in [-0.2, -0.15) is 0 Å². The van der Waals surface area contributed by atoms with Crippen LogP contribution in [0.3, 0.4) is 0 Å². The molecule has 1 aliphatic heterocycles. The Bertz CT molecular complexity index is 1030. The summed E-state index contributed by atoms with van der Waals surface area (Å²) in [6, 6.07) is 14.5. The molecule has 1 atom stereocenters. The van der Waals surface area contributed by atoms with Crippen LogP contribution in [0.15, 0.2) is 60.9 Å². The molecule has 1 fully saturated rings. The number of likely N-dealkylation sites (tertiary alicyclic amines) is 1. The third-order valence-corrected chi connectivity index (χ3v) is 5.00. The van der Waals surface area contributed by atoms with E-state index in [0.29, 0.717) is 6.04 Å². The van der Waals surface area contributed by atoms with Crippen LogP contribution in [-0.4, -0.2) is 45.1 Å². The molecule has 3 N–H and O–H groups in total. The van der Waals surface area contributed by atoms with E-state index in [0.717, 1.165) is 43.0 Å². The molecule has 0 bridgehead atoms. The molecule has 7 nitrogen and oxygen atoms in total. The lowest BCUT2D eigenvalue weighted by molar-refractivity contribution is -0.124. The molecule has 10 heteroatoms. The minimum absolute atomic E-state index is 0. The first kappa shape index (κ1) is 27.6. The lowest BCUT2D eigenvalue weighted by atomic mass is 10.1. The van der Waals surface area contributed by atoms with Crippen LogP contribution in [0.25, 0.3) is 17.0 Å². The maximum Gasteiger partial charge on any atom is 0.267 e. The molecular weight excluding hydrogens is 473 g/mol. The molecule has 3 aromatic rings. The second-order valence-electron chi connectivity index (χ2n) is 7.19. The summed E-state index contributed by atoms with van der Waals surface area (Å²) < 4.78 is 0. The number of hydroxylamine groups is 1. The van der Waals surface area contributed by atoms with Gasteiger partial charge in [-0.15, -0.1) is 37.2 Å². The Morgan fingerprint density at radius 1 is 1.12 bits per heavy atom. The summed E-state index contributed by atoms with van der Waals surface area (Å²) in [5.41, 5.74) is 4.60. The number of halogens is 3. The highest BCUT2D eigenvalue weighted by Gasteiger charge is 2.22. The molecule has 0 aliphatic carbocycles. The molecule has 1 saturated heterocycles. The number of para-hydroxylation sites is 1. The van der Waals surface area contributed by atoms with Gasteiger partial charge in [0.15, 0.2) is 0 Å². The number of benzene rings is 1. The minimum atomic E-state index is -0.570. The Morgan fingerprint density at radius 3 is 2.69 bits per heavy atom. The Balaban J connectivity index is 0.00000171. The van der Waals surface area contributed by atoms with Crippen LogP contribution in [-0.2, 0) is 11.3 Å². The summed E-state index contributed by atoms with van der Waals surface area (Å²) >= 11 is 0. The molecule has 0 spiro atoms. The zero-order valence-corrected chi connectivity index (χ0v) is 19.6. The van der Waals surface area contributed by atoms with E-state index in [2.05, 4.69) is 32.3 Å². The Morgan fingerprint density at radius 2 is 1.94 bits per heavy atom. The van der Waals surface area contributed by atoms with Crippen molar-refractivity contribution in [1.82, 2.24) is 20.3 Å². The number of anilines is 1. The van der Waals surface area contributed by atoms with Crippen molar-refractivity contribution in [3.63, 3.8) is 0 Å². The summed E-state index contributed by atoms with van der Waals surface area (Å²) in [5.74, 6) is 0.243. The van der Waals surface area contributed by atoms with Gasteiger partial charge in [0.2, 0.25) is 0 Å². The van der Waals surface area contributed by atoms with Crippen LogP contribution in [0, 0.1) is 0 Å². The number of nitrogens with one attached hydrogen (secondary N) is 2. The fourth-order valence-electron chi connectivity index (χ4n) is 3.56. The van der Waals surface area contributed by atoms with Gasteiger partial charge in [0.25, 0.3) is 5.91 Å². The first-order chi connectivity index (χ1) is 14.2. The van der Waals surface area contributed by atoms with E-state index < -0.39 is 5.91 Å². The van der Waals surface area contributed by atoms with Gasteiger partial charge in [-0.05, 0) is 47.9 Å². The van der Waals surface area contributed by atoms with Crippen LogP contribution in [0.4, 0.5) is 5.82 Å². The van der Waals surface area contributed by atoms with Crippen molar-refractivity contribution in [3.05, 3.63) is 72.1 Å². The van der Waals surface area contributed by atoms with Crippen molar-refractivity contribution in [3.8, 4) is 0 Å². The van der Waals surface area contributed by atoms with Crippen molar-refractivity contribution in [2.24, 2.45) is 0 Å². The number of hydrogen-bond acceptors (Lipinski definition) is 6. The predicted molar refractivity (Wildman–Crippen MR) is 134 cm³/mol. The van der Waals surface area contributed by atoms with Gasteiger partial charge >= 0.3 is 0 Å². The average Bonchev–Trinajstić information content (AvgIpc) is 3.19. The maximum absolute atomic E-state index is 11.0. The first-order valence-electron chi connectivity index (χ1n) is 9.60. The molecule has 1 aromatic carbocycles. The average molecular weight is 499 g/mol. The summed E-state index contributed by atoms with van der Waals surface area (Å²) in [6.45, 7) is 2.87. The number of nitrogens with zero attached hydrogens (tertiary/aromatic N) is 3. The van der Waals surface area contributed by atoms with Crippen LogP contribution in [0.1, 0.15) is 17.5 Å². The SMILES string of the molecule is Cl.Cl.Cl.O=C(C=Cc1ccc(N[C@@H]2CCN(Cc3cnc4ccccc4c3)C2)nc1)NO. The molecule has 32 heavy (non-hydrogen) atoms. The molecular formula is C22H26Cl3N5O2. The fraction of sp³-hybridized carbons (Fsp3) is 0.227. The smallest absolute Gasteiger partial charge is 0.267 e. The zero-order valence-electron chi connectivity index (χ0n) is 17.2. The van der Waals surface area contributed by atoms with Crippen LogP contribution < -0.4 is 10.8 Å². The van der Waals surface area contributed by atoms with Gasteiger partial charge in [-0.1, -0.05) is 18.2 Å². The van der Waals surface area contributed by atoms with Gasteiger partial charge in [0.05, 0.1) is 5.52 Å². The Kier molecular flexibility index (Phi) is 11.4. The monoisotopic (exact) mass is 497 g/mol. The van der Waals surface area contributed by atoms with E-state index >= 15 is 0 Å². The van der Waals surface area contributed by atoms with Crippen molar-refractivity contribution >= 4 is 65.9 Å². The molecule has 1 aliphatic rings. The number of pyridine rings is 2. The van der Waals surface area contributed by atoms with Crippen LogP contribution >= 0.6 is 37.2 Å². The summed E-state index contributed by atoms with van der Waals surface area (Å²) in [5, 5.41) is 13.1. The normalized spacial score (nSPS) is 15.5. The zero-order chi connectivity index (χ0) is 20.1. The van der Waals surface area contributed by atoms with E-state index in [-0.39, 0.29) is 37.2 Å². The van der Waals surface area contributed by atoms with E-state index in [9.17, 15) is 4.79 Å². The Labute approximate surface area is 205 Å². The van der Waals surface area contributed by atoms with Crippen molar-refractivity contribution in [2.75, 3.05) is 18.4 Å². The highest BCUT2D eigenvalue weighted by atomic mass is 35.5. The topological polar surface area (TPSA) is 90.4 Å². The van der Waals surface area contributed by atoms with Crippen molar-refractivity contribution < 1.29 is 10.0 Å². The van der Waals surface area contributed by atoms with Crippen LogP contribution in [0.5, 0.6) is 0 Å². The largest absolute Gasteiger partial charge is 0.366 e. The predicted octanol–water partition coefficient (Wildman–Crippen LogP) is 4.10. The van der Waals surface area contributed by atoms with Crippen molar-refractivity contribution in [2.45, 2.75) is 19.0 Å². The molecule has 1 amide bonds. The molecule has 0 radical (unpaired) electrons. The first-order valence-corrected chi connectivity index (χ1v) is 9.60. The van der Waals surface area contributed by atoms with Gasteiger partial charge in [-0.25, -0.2) is 10.5 Å². The van der Waals surface area contributed by atoms with E-state index in [1.54, 1.807) is 17.8 Å². The van der Waals surface area contributed by atoms with Gasteiger partial charge < -0.3 is 5.32 Å². The summed E-state index contributed by atoms with van der Waals surface area (Å²) in [4.78, 5) is 22.4. The minimum Gasteiger partial charge on any atom is -0.366 e.